The first-order chi connectivity index (χ1) is 16.4. The van der Waals surface area contributed by atoms with Crippen LogP contribution < -0.4 is 10.6 Å². The van der Waals surface area contributed by atoms with E-state index in [9.17, 15) is 9.59 Å². The summed E-state index contributed by atoms with van der Waals surface area (Å²) in [6, 6.07) is 21.4. The Hall–Kier alpha value is -3.93. The van der Waals surface area contributed by atoms with E-state index < -0.39 is 0 Å². The van der Waals surface area contributed by atoms with E-state index in [2.05, 4.69) is 16.7 Å². The molecule has 4 aromatic rings. The topological polar surface area (TPSA) is 76.0 Å². The summed E-state index contributed by atoms with van der Waals surface area (Å²) in [5, 5.41) is 5.99. The number of carbonyl (C=O) groups is 2. The van der Waals surface area contributed by atoms with Gasteiger partial charge < -0.3 is 15.2 Å². The number of carbonyl (C=O) groups excluding carboxylic acids is 2. The molecule has 1 heterocycles. The molecule has 0 unspecified atom stereocenters. The molecule has 0 aliphatic heterocycles. The highest BCUT2D eigenvalue weighted by atomic mass is 16.2. The number of para-hydroxylation sites is 2. The van der Waals surface area contributed by atoms with E-state index in [1.54, 1.807) is 0 Å². The lowest BCUT2D eigenvalue weighted by Crippen LogP contribution is -2.25. The minimum Gasteiger partial charge on any atom is -0.352 e. The third-order valence-corrected chi connectivity index (χ3v) is 5.68. The lowest BCUT2D eigenvalue weighted by atomic mass is 10.1. The van der Waals surface area contributed by atoms with Crippen LogP contribution in [0.15, 0.2) is 66.7 Å². The molecule has 0 saturated carbocycles. The molecule has 4 rings (SSSR count). The average Bonchev–Trinajstić information content (AvgIpc) is 3.13. The predicted octanol–water partition coefficient (Wildman–Crippen LogP) is 4.96. The van der Waals surface area contributed by atoms with Gasteiger partial charge in [-0.1, -0.05) is 35.9 Å². The van der Waals surface area contributed by atoms with Gasteiger partial charge in [-0.05, 0) is 74.7 Å². The zero-order valence-electron chi connectivity index (χ0n) is 19.9. The molecule has 0 spiro atoms. The summed E-state index contributed by atoms with van der Waals surface area (Å²) in [5.74, 6) is 0.661. The van der Waals surface area contributed by atoms with Crippen LogP contribution in [0.1, 0.15) is 39.3 Å². The molecular weight excluding hydrogens is 424 g/mol. The maximum atomic E-state index is 12.9. The summed E-state index contributed by atoms with van der Waals surface area (Å²) >= 11 is 0. The average molecular weight is 455 g/mol. The van der Waals surface area contributed by atoms with Crippen molar-refractivity contribution in [2.45, 2.75) is 40.2 Å². The second-order valence-electron chi connectivity index (χ2n) is 8.76. The zero-order valence-corrected chi connectivity index (χ0v) is 19.9. The first-order valence-electron chi connectivity index (χ1n) is 11.6. The molecular formula is C28H30N4O2. The van der Waals surface area contributed by atoms with Crippen molar-refractivity contribution in [1.29, 1.82) is 0 Å². The molecule has 0 atom stereocenters. The fraction of sp³-hybridized carbons (Fsp3) is 0.250. The molecule has 6 nitrogen and oxygen atoms in total. The molecule has 0 radical (unpaired) electrons. The van der Waals surface area contributed by atoms with Crippen LogP contribution in [0.5, 0.6) is 0 Å². The van der Waals surface area contributed by atoms with Gasteiger partial charge in [0.2, 0.25) is 5.91 Å². The number of nitrogens with zero attached hydrogens (tertiary/aromatic N) is 2. The number of hydrogen-bond donors (Lipinski definition) is 2. The van der Waals surface area contributed by atoms with Crippen LogP contribution in [-0.2, 0) is 17.8 Å². The minimum atomic E-state index is -0.0952. The van der Waals surface area contributed by atoms with Crippen LogP contribution in [0.25, 0.3) is 11.0 Å². The summed E-state index contributed by atoms with van der Waals surface area (Å²) in [4.78, 5) is 30.0. The zero-order chi connectivity index (χ0) is 24.1. The third kappa shape index (κ3) is 5.70. The van der Waals surface area contributed by atoms with Gasteiger partial charge in [0.05, 0.1) is 11.0 Å². The van der Waals surface area contributed by atoms with Crippen molar-refractivity contribution in [3.8, 4) is 0 Å². The summed E-state index contributed by atoms with van der Waals surface area (Å²) in [6.45, 7) is 6.71. The lowest BCUT2D eigenvalue weighted by molar-refractivity contribution is -0.116. The van der Waals surface area contributed by atoms with Crippen molar-refractivity contribution >= 4 is 28.5 Å². The number of hydrogen-bond acceptors (Lipinski definition) is 3. The Morgan fingerprint density at radius 2 is 1.65 bits per heavy atom. The van der Waals surface area contributed by atoms with Gasteiger partial charge in [0.25, 0.3) is 5.91 Å². The molecule has 1 aromatic heterocycles. The number of amides is 2. The molecule has 3 aromatic carbocycles. The van der Waals surface area contributed by atoms with E-state index in [0.717, 1.165) is 45.7 Å². The van der Waals surface area contributed by atoms with Crippen molar-refractivity contribution in [2.24, 2.45) is 0 Å². The first-order valence-corrected chi connectivity index (χ1v) is 11.6. The number of benzene rings is 3. The highest BCUT2D eigenvalue weighted by Gasteiger charge is 2.14. The van der Waals surface area contributed by atoms with E-state index in [1.807, 2.05) is 86.0 Å². The Labute approximate surface area is 200 Å². The van der Waals surface area contributed by atoms with Gasteiger partial charge in [-0.2, -0.15) is 0 Å². The summed E-state index contributed by atoms with van der Waals surface area (Å²) in [6.07, 6.45) is 1.37. The van der Waals surface area contributed by atoms with Gasteiger partial charge in [-0.3, -0.25) is 9.59 Å². The Morgan fingerprint density at radius 3 is 2.41 bits per heavy atom. The van der Waals surface area contributed by atoms with Gasteiger partial charge >= 0.3 is 0 Å². The SMILES string of the molecule is Cc1cc(C)cc(NC(=O)Cn2c(CCCNC(=O)c3cccc(C)c3)nc3ccccc32)c1. The second kappa shape index (κ2) is 10.3. The van der Waals surface area contributed by atoms with Crippen LogP contribution in [-0.4, -0.2) is 27.9 Å². The van der Waals surface area contributed by atoms with E-state index >= 15 is 0 Å². The van der Waals surface area contributed by atoms with Crippen LogP contribution >= 0.6 is 0 Å². The van der Waals surface area contributed by atoms with E-state index in [4.69, 9.17) is 4.98 Å². The number of rotatable bonds is 8. The van der Waals surface area contributed by atoms with E-state index in [1.165, 1.54) is 0 Å². The number of aromatic nitrogens is 2. The minimum absolute atomic E-state index is 0.0787. The molecule has 0 saturated heterocycles. The fourth-order valence-electron chi connectivity index (χ4n) is 4.22. The van der Waals surface area contributed by atoms with Gasteiger partial charge in [0.15, 0.2) is 0 Å². The highest BCUT2D eigenvalue weighted by Crippen LogP contribution is 2.18. The molecule has 6 heteroatoms. The Kier molecular flexibility index (Phi) is 7.07. The Morgan fingerprint density at radius 1 is 0.882 bits per heavy atom. The monoisotopic (exact) mass is 454 g/mol. The van der Waals surface area contributed by atoms with Gasteiger partial charge in [-0.15, -0.1) is 0 Å². The fourth-order valence-corrected chi connectivity index (χ4v) is 4.22. The number of imidazole rings is 1. The summed E-state index contributed by atoms with van der Waals surface area (Å²) in [5.41, 5.74) is 6.52. The van der Waals surface area contributed by atoms with Crippen LogP contribution in [0.3, 0.4) is 0 Å². The number of fused-ring (bicyclic) bond motifs is 1. The number of anilines is 1. The molecule has 2 amide bonds. The van der Waals surface area contributed by atoms with E-state index in [0.29, 0.717) is 18.5 Å². The standard InChI is InChI=1S/C28H30N4O2/c1-19-8-6-9-22(15-19)28(34)29-13-7-12-26-31-24-10-4-5-11-25(24)32(26)18-27(33)30-23-16-20(2)14-21(3)17-23/h4-6,8-11,14-17H,7,12-13,18H2,1-3H3,(H,29,34)(H,30,33). The van der Waals surface area contributed by atoms with Crippen molar-refractivity contribution in [3.63, 3.8) is 0 Å². The smallest absolute Gasteiger partial charge is 0.251 e. The van der Waals surface area contributed by atoms with E-state index in [-0.39, 0.29) is 18.4 Å². The van der Waals surface area contributed by atoms with Crippen molar-refractivity contribution in [3.05, 3.63) is 94.8 Å². The predicted molar refractivity (Wildman–Crippen MR) is 136 cm³/mol. The molecule has 34 heavy (non-hydrogen) atoms. The van der Waals surface area contributed by atoms with Crippen LogP contribution in [0.4, 0.5) is 5.69 Å². The van der Waals surface area contributed by atoms with Gasteiger partial charge in [0, 0.05) is 24.2 Å². The lowest BCUT2D eigenvalue weighted by Gasteiger charge is -2.11. The summed E-state index contributed by atoms with van der Waals surface area (Å²) in [7, 11) is 0. The molecule has 174 valence electrons. The normalized spacial score (nSPS) is 10.9. The second-order valence-corrected chi connectivity index (χ2v) is 8.76. The number of aryl methyl sites for hydroxylation is 4. The largest absolute Gasteiger partial charge is 0.352 e. The quantitative estimate of drug-likeness (QED) is 0.369. The van der Waals surface area contributed by atoms with Gasteiger partial charge in [0.1, 0.15) is 12.4 Å². The van der Waals surface area contributed by atoms with Crippen LogP contribution in [0.2, 0.25) is 0 Å². The van der Waals surface area contributed by atoms with Crippen molar-refractivity contribution < 1.29 is 9.59 Å². The van der Waals surface area contributed by atoms with Crippen molar-refractivity contribution in [1.82, 2.24) is 14.9 Å². The van der Waals surface area contributed by atoms with Gasteiger partial charge in [-0.25, -0.2) is 4.98 Å². The first kappa shape index (κ1) is 23.2. The molecule has 2 N–H and O–H groups in total. The maximum absolute atomic E-state index is 12.9. The Bertz CT molecular complexity index is 1320. The summed E-state index contributed by atoms with van der Waals surface area (Å²) < 4.78 is 1.97. The van der Waals surface area contributed by atoms with Crippen LogP contribution in [0, 0.1) is 20.8 Å². The maximum Gasteiger partial charge on any atom is 0.251 e. The molecule has 0 fully saturated rings. The third-order valence-electron chi connectivity index (χ3n) is 5.68. The Balaban J connectivity index is 1.42. The molecule has 0 bridgehead atoms. The molecule has 0 aliphatic rings. The van der Waals surface area contributed by atoms with Crippen molar-refractivity contribution in [2.75, 3.05) is 11.9 Å². The number of nitrogens with one attached hydrogen (secondary N) is 2. The molecule has 0 aliphatic carbocycles. The highest BCUT2D eigenvalue weighted by molar-refractivity contribution is 5.94.